The first-order chi connectivity index (χ1) is 12.3. The molecule has 1 fully saturated rings. The number of nitrogens with zero attached hydrogens (tertiary/aromatic N) is 3. The number of ether oxygens (including phenoxy) is 1. The second-order valence-electron chi connectivity index (χ2n) is 7.95. The lowest BCUT2D eigenvalue weighted by atomic mass is 9.97. The van der Waals surface area contributed by atoms with Crippen LogP contribution in [0.15, 0.2) is 28.8 Å². The summed E-state index contributed by atoms with van der Waals surface area (Å²) in [5.74, 6) is 1.59. The highest BCUT2D eigenvalue weighted by molar-refractivity contribution is 5.68. The van der Waals surface area contributed by atoms with Crippen LogP contribution < -0.4 is 0 Å². The third-order valence-corrected chi connectivity index (χ3v) is 4.46. The predicted molar refractivity (Wildman–Crippen MR) is 98.1 cm³/mol. The zero-order chi connectivity index (χ0) is 18.7. The molecule has 0 N–H and O–H groups in total. The first-order valence-electron chi connectivity index (χ1n) is 9.16. The van der Waals surface area contributed by atoms with Crippen LogP contribution >= 0.6 is 0 Å². The molecule has 26 heavy (non-hydrogen) atoms. The van der Waals surface area contributed by atoms with Crippen molar-refractivity contribution in [1.82, 2.24) is 15.0 Å². The summed E-state index contributed by atoms with van der Waals surface area (Å²) < 4.78 is 10.9. The number of aryl methyl sites for hydroxylation is 1. The Morgan fingerprint density at radius 3 is 2.50 bits per heavy atom. The summed E-state index contributed by atoms with van der Waals surface area (Å²) in [7, 11) is 0. The summed E-state index contributed by atoms with van der Waals surface area (Å²) in [5, 5.41) is 4.12. The number of benzene rings is 1. The average molecular weight is 357 g/mol. The van der Waals surface area contributed by atoms with Gasteiger partial charge in [-0.25, -0.2) is 4.79 Å². The van der Waals surface area contributed by atoms with Gasteiger partial charge >= 0.3 is 6.09 Å². The van der Waals surface area contributed by atoms with Crippen molar-refractivity contribution >= 4 is 6.09 Å². The molecule has 1 amide bonds. The summed E-state index contributed by atoms with van der Waals surface area (Å²) in [6, 6.07) is 8.35. The van der Waals surface area contributed by atoms with Gasteiger partial charge < -0.3 is 14.2 Å². The minimum Gasteiger partial charge on any atom is -0.444 e. The molecule has 0 bridgehead atoms. The molecule has 0 spiro atoms. The Hall–Kier alpha value is -2.37. The van der Waals surface area contributed by atoms with Crippen LogP contribution in [-0.2, 0) is 11.2 Å². The zero-order valence-electron chi connectivity index (χ0n) is 16.0. The van der Waals surface area contributed by atoms with Gasteiger partial charge in [0.05, 0.1) is 0 Å². The van der Waals surface area contributed by atoms with Crippen molar-refractivity contribution in [2.45, 2.75) is 58.5 Å². The van der Waals surface area contributed by atoms with Gasteiger partial charge in [-0.15, -0.1) is 0 Å². The molecule has 1 aliphatic heterocycles. The Labute approximate surface area is 154 Å². The van der Waals surface area contributed by atoms with Gasteiger partial charge in [0.1, 0.15) is 5.60 Å². The highest BCUT2D eigenvalue weighted by Gasteiger charge is 2.29. The minimum absolute atomic E-state index is 0.202. The SMILES string of the molecule is Cc1ccc(Cc2noc(C3CCN(C(=O)OC(C)(C)C)CC3)n2)cc1. The zero-order valence-corrected chi connectivity index (χ0v) is 16.0. The van der Waals surface area contributed by atoms with E-state index in [1.54, 1.807) is 4.90 Å². The lowest BCUT2D eigenvalue weighted by Gasteiger charge is -2.32. The summed E-state index contributed by atoms with van der Waals surface area (Å²) in [5.41, 5.74) is 1.94. The van der Waals surface area contributed by atoms with Crippen LogP contribution in [0.4, 0.5) is 4.79 Å². The molecule has 1 aromatic carbocycles. The normalized spacial score (nSPS) is 15.9. The molecule has 0 atom stereocenters. The molecule has 0 aliphatic carbocycles. The standard InChI is InChI=1S/C20H27N3O3/c1-14-5-7-15(8-6-14)13-17-21-18(26-22-17)16-9-11-23(12-10-16)19(24)25-20(2,3)4/h5-8,16H,9-13H2,1-4H3. The lowest BCUT2D eigenvalue weighted by Crippen LogP contribution is -2.41. The predicted octanol–water partition coefficient (Wildman–Crippen LogP) is 4.08. The van der Waals surface area contributed by atoms with Crippen LogP contribution in [0, 0.1) is 6.92 Å². The van der Waals surface area contributed by atoms with Gasteiger partial charge in [0.2, 0.25) is 5.89 Å². The number of hydrogen-bond acceptors (Lipinski definition) is 5. The monoisotopic (exact) mass is 357 g/mol. The molecule has 0 unspecified atom stereocenters. The van der Waals surface area contributed by atoms with Crippen LogP contribution in [-0.4, -0.2) is 39.8 Å². The number of piperidine rings is 1. The molecule has 1 aliphatic rings. The molecule has 1 aromatic heterocycles. The first-order valence-corrected chi connectivity index (χ1v) is 9.16. The second kappa shape index (κ2) is 7.48. The van der Waals surface area contributed by atoms with E-state index in [9.17, 15) is 4.79 Å². The summed E-state index contributed by atoms with van der Waals surface area (Å²) in [4.78, 5) is 18.5. The average Bonchev–Trinajstić information content (AvgIpc) is 3.04. The summed E-state index contributed by atoms with van der Waals surface area (Å²) in [6.45, 7) is 9.01. The largest absolute Gasteiger partial charge is 0.444 e. The quantitative estimate of drug-likeness (QED) is 0.828. The van der Waals surface area contributed by atoms with Gasteiger partial charge in [-0.2, -0.15) is 4.98 Å². The van der Waals surface area contributed by atoms with E-state index in [-0.39, 0.29) is 12.0 Å². The Morgan fingerprint density at radius 2 is 1.88 bits per heavy atom. The molecule has 2 aromatic rings. The first kappa shape index (κ1) is 18.4. The van der Waals surface area contributed by atoms with E-state index in [0.717, 1.165) is 12.8 Å². The van der Waals surface area contributed by atoms with Crippen LogP contribution in [0.25, 0.3) is 0 Å². The smallest absolute Gasteiger partial charge is 0.410 e. The van der Waals surface area contributed by atoms with Crippen LogP contribution in [0.5, 0.6) is 0 Å². The van der Waals surface area contributed by atoms with Crippen molar-refractivity contribution in [2.24, 2.45) is 0 Å². The molecule has 6 nitrogen and oxygen atoms in total. The maximum absolute atomic E-state index is 12.1. The van der Waals surface area contributed by atoms with E-state index in [1.165, 1.54) is 11.1 Å². The summed E-state index contributed by atoms with van der Waals surface area (Å²) >= 11 is 0. The van der Waals surface area contributed by atoms with Crippen molar-refractivity contribution in [1.29, 1.82) is 0 Å². The van der Waals surface area contributed by atoms with Gasteiger partial charge in [-0.1, -0.05) is 35.0 Å². The van der Waals surface area contributed by atoms with Crippen molar-refractivity contribution in [3.8, 4) is 0 Å². The third-order valence-electron chi connectivity index (χ3n) is 4.46. The van der Waals surface area contributed by atoms with Crippen LogP contribution in [0.2, 0.25) is 0 Å². The second-order valence-corrected chi connectivity index (χ2v) is 7.95. The van der Waals surface area contributed by atoms with E-state index < -0.39 is 5.60 Å². The number of amides is 1. The fourth-order valence-electron chi connectivity index (χ4n) is 3.03. The van der Waals surface area contributed by atoms with Crippen molar-refractivity contribution in [2.75, 3.05) is 13.1 Å². The van der Waals surface area contributed by atoms with E-state index >= 15 is 0 Å². The van der Waals surface area contributed by atoms with Crippen LogP contribution in [0.3, 0.4) is 0 Å². The molecule has 3 rings (SSSR count). The fraction of sp³-hybridized carbons (Fsp3) is 0.550. The summed E-state index contributed by atoms with van der Waals surface area (Å²) in [6.07, 6.45) is 2.04. The highest BCUT2D eigenvalue weighted by atomic mass is 16.6. The molecule has 0 radical (unpaired) electrons. The van der Waals surface area contributed by atoms with E-state index in [1.807, 2.05) is 20.8 Å². The minimum atomic E-state index is -0.467. The van der Waals surface area contributed by atoms with Gasteiger partial charge in [0.15, 0.2) is 5.82 Å². The fourth-order valence-corrected chi connectivity index (χ4v) is 3.03. The number of hydrogen-bond donors (Lipinski definition) is 0. The topological polar surface area (TPSA) is 68.5 Å². The van der Waals surface area contributed by atoms with E-state index in [2.05, 4.69) is 41.3 Å². The Morgan fingerprint density at radius 1 is 1.23 bits per heavy atom. The molecule has 1 saturated heterocycles. The highest BCUT2D eigenvalue weighted by Crippen LogP contribution is 2.28. The van der Waals surface area contributed by atoms with Gasteiger partial charge in [0.25, 0.3) is 0 Å². The van der Waals surface area contributed by atoms with Crippen molar-refractivity contribution in [3.63, 3.8) is 0 Å². The molecule has 2 heterocycles. The molecular formula is C20H27N3O3. The molecule has 0 saturated carbocycles. The number of likely N-dealkylation sites (tertiary alicyclic amines) is 1. The Kier molecular flexibility index (Phi) is 5.30. The molecule has 140 valence electrons. The maximum atomic E-state index is 12.1. The van der Waals surface area contributed by atoms with Gasteiger partial charge in [0, 0.05) is 25.4 Å². The van der Waals surface area contributed by atoms with Crippen molar-refractivity contribution in [3.05, 3.63) is 47.1 Å². The number of carbonyl (C=O) groups is 1. The van der Waals surface area contributed by atoms with Crippen LogP contribution in [0.1, 0.15) is 62.4 Å². The van der Waals surface area contributed by atoms with Crippen molar-refractivity contribution < 1.29 is 14.1 Å². The third kappa shape index (κ3) is 4.84. The number of aromatic nitrogens is 2. The Bertz CT molecular complexity index is 738. The van der Waals surface area contributed by atoms with Gasteiger partial charge in [-0.3, -0.25) is 0 Å². The van der Waals surface area contributed by atoms with E-state index in [4.69, 9.17) is 9.26 Å². The molecular weight excluding hydrogens is 330 g/mol. The number of rotatable bonds is 3. The Balaban J connectivity index is 1.54. The van der Waals surface area contributed by atoms with E-state index in [0.29, 0.717) is 31.2 Å². The molecule has 6 heteroatoms. The number of carbonyl (C=O) groups excluding carboxylic acids is 1. The van der Waals surface area contributed by atoms with Gasteiger partial charge in [-0.05, 0) is 46.1 Å². The lowest BCUT2D eigenvalue weighted by molar-refractivity contribution is 0.0198. The maximum Gasteiger partial charge on any atom is 0.410 e.